The standard InChI is InChI=1S/C19H20ClNO2/c1-14-13-16(20)7-8-17(14)21-18(22)19(9-11-23-12-10-19)15-5-3-2-4-6-15/h2-8,13H,9-12H2,1H3,(H,21,22). The first-order chi connectivity index (χ1) is 11.1. The van der Waals surface area contributed by atoms with Crippen LogP contribution in [0, 0.1) is 6.92 Å². The fraction of sp³-hybridized carbons (Fsp3) is 0.316. The summed E-state index contributed by atoms with van der Waals surface area (Å²) >= 11 is 6.00. The molecule has 1 amide bonds. The predicted molar refractivity (Wildman–Crippen MR) is 93.0 cm³/mol. The molecule has 0 unspecified atom stereocenters. The molecule has 0 bridgehead atoms. The van der Waals surface area contributed by atoms with Gasteiger partial charge in [0, 0.05) is 23.9 Å². The Morgan fingerprint density at radius 2 is 1.83 bits per heavy atom. The van der Waals surface area contributed by atoms with Crippen molar-refractivity contribution in [1.82, 2.24) is 0 Å². The van der Waals surface area contributed by atoms with Gasteiger partial charge in [-0.3, -0.25) is 4.79 Å². The van der Waals surface area contributed by atoms with Crippen LogP contribution in [-0.2, 0) is 14.9 Å². The summed E-state index contributed by atoms with van der Waals surface area (Å²) in [6.45, 7) is 3.14. The van der Waals surface area contributed by atoms with Gasteiger partial charge in [0.25, 0.3) is 0 Å². The molecular formula is C19H20ClNO2. The first-order valence-corrected chi connectivity index (χ1v) is 8.20. The number of carbonyl (C=O) groups is 1. The van der Waals surface area contributed by atoms with Gasteiger partial charge < -0.3 is 10.1 Å². The molecule has 1 heterocycles. The molecule has 0 saturated carbocycles. The van der Waals surface area contributed by atoms with E-state index in [-0.39, 0.29) is 5.91 Å². The van der Waals surface area contributed by atoms with Gasteiger partial charge in [-0.2, -0.15) is 0 Å². The van der Waals surface area contributed by atoms with Gasteiger partial charge in [-0.25, -0.2) is 0 Å². The average Bonchev–Trinajstić information content (AvgIpc) is 2.58. The van der Waals surface area contributed by atoms with Crippen molar-refractivity contribution in [3.63, 3.8) is 0 Å². The summed E-state index contributed by atoms with van der Waals surface area (Å²) in [6, 6.07) is 15.5. The summed E-state index contributed by atoms with van der Waals surface area (Å²) in [5, 5.41) is 3.76. The maximum Gasteiger partial charge on any atom is 0.235 e. The number of amides is 1. The minimum absolute atomic E-state index is 0.0254. The van der Waals surface area contributed by atoms with Crippen LogP contribution >= 0.6 is 11.6 Å². The zero-order chi connectivity index (χ0) is 16.3. The molecule has 2 aromatic carbocycles. The van der Waals surface area contributed by atoms with Crippen molar-refractivity contribution < 1.29 is 9.53 Å². The molecule has 1 fully saturated rings. The number of aryl methyl sites for hydroxylation is 1. The summed E-state index contributed by atoms with van der Waals surface area (Å²) < 4.78 is 5.49. The van der Waals surface area contributed by atoms with Gasteiger partial charge in [-0.15, -0.1) is 0 Å². The lowest BCUT2D eigenvalue weighted by Crippen LogP contribution is -2.44. The second-order valence-electron chi connectivity index (χ2n) is 5.97. The number of halogens is 1. The molecule has 1 N–H and O–H groups in total. The van der Waals surface area contributed by atoms with Crippen molar-refractivity contribution in [2.45, 2.75) is 25.2 Å². The molecule has 0 radical (unpaired) electrons. The zero-order valence-electron chi connectivity index (χ0n) is 13.1. The van der Waals surface area contributed by atoms with Crippen LogP contribution in [0.15, 0.2) is 48.5 Å². The summed E-state index contributed by atoms with van der Waals surface area (Å²) in [5.41, 5.74) is 2.28. The Morgan fingerprint density at radius 1 is 1.13 bits per heavy atom. The van der Waals surface area contributed by atoms with E-state index in [1.54, 1.807) is 6.07 Å². The van der Waals surface area contributed by atoms with E-state index in [4.69, 9.17) is 16.3 Å². The van der Waals surface area contributed by atoms with Crippen LogP contribution in [0.1, 0.15) is 24.0 Å². The maximum atomic E-state index is 13.1. The molecule has 0 atom stereocenters. The van der Waals surface area contributed by atoms with Gasteiger partial charge in [-0.1, -0.05) is 41.9 Å². The summed E-state index contributed by atoms with van der Waals surface area (Å²) in [7, 11) is 0. The van der Waals surface area contributed by atoms with Crippen LogP contribution in [0.2, 0.25) is 5.02 Å². The molecule has 2 aromatic rings. The molecule has 0 aromatic heterocycles. The minimum atomic E-state index is -0.536. The predicted octanol–water partition coefficient (Wildman–Crippen LogP) is 4.34. The van der Waals surface area contributed by atoms with Crippen LogP contribution < -0.4 is 5.32 Å². The number of rotatable bonds is 3. The number of ether oxygens (including phenoxy) is 1. The van der Waals surface area contributed by atoms with Crippen LogP contribution in [0.3, 0.4) is 0 Å². The lowest BCUT2D eigenvalue weighted by Gasteiger charge is -2.36. The highest BCUT2D eigenvalue weighted by Crippen LogP contribution is 2.36. The quantitative estimate of drug-likeness (QED) is 0.910. The lowest BCUT2D eigenvalue weighted by atomic mass is 9.73. The topological polar surface area (TPSA) is 38.3 Å². The molecule has 120 valence electrons. The highest BCUT2D eigenvalue weighted by atomic mass is 35.5. The number of carbonyl (C=O) groups excluding carboxylic acids is 1. The second-order valence-corrected chi connectivity index (χ2v) is 6.41. The fourth-order valence-corrected chi connectivity index (χ4v) is 3.36. The first kappa shape index (κ1) is 16.0. The van der Waals surface area contributed by atoms with Crippen molar-refractivity contribution in [3.05, 3.63) is 64.7 Å². The van der Waals surface area contributed by atoms with E-state index in [1.807, 2.05) is 49.4 Å². The molecular weight excluding hydrogens is 310 g/mol. The largest absolute Gasteiger partial charge is 0.381 e. The Kier molecular flexibility index (Phi) is 4.69. The molecule has 4 heteroatoms. The van der Waals surface area contributed by atoms with Crippen molar-refractivity contribution in [1.29, 1.82) is 0 Å². The van der Waals surface area contributed by atoms with Gasteiger partial charge in [-0.05, 0) is 49.1 Å². The lowest BCUT2D eigenvalue weighted by molar-refractivity contribution is -0.125. The monoisotopic (exact) mass is 329 g/mol. The van der Waals surface area contributed by atoms with Crippen LogP contribution in [0.4, 0.5) is 5.69 Å². The van der Waals surface area contributed by atoms with Crippen LogP contribution in [0.25, 0.3) is 0 Å². The summed E-state index contributed by atoms with van der Waals surface area (Å²) in [4.78, 5) is 13.1. The van der Waals surface area contributed by atoms with E-state index < -0.39 is 5.41 Å². The second kappa shape index (κ2) is 6.73. The molecule has 23 heavy (non-hydrogen) atoms. The Labute approximate surface area is 141 Å². The average molecular weight is 330 g/mol. The SMILES string of the molecule is Cc1cc(Cl)ccc1NC(=O)C1(c2ccccc2)CCOCC1. The third-order valence-corrected chi connectivity index (χ3v) is 4.78. The summed E-state index contributed by atoms with van der Waals surface area (Å²) in [6.07, 6.45) is 1.38. The Bertz CT molecular complexity index is 694. The minimum Gasteiger partial charge on any atom is -0.381 e. The number of hydrogen-bond donors (Lipinski definition) is 1. The Morgan fingerprint density at radius 3 is 2.48 bits per heavy atom. The van der Waals surface area contributed by atoms with Gasteiger partial charge in [0.15, 0.2) is 0 Å². The molecule has 3 nitrogen and oxygen atoms in total. The Balaban J connectivity index is 1.92. The fourth-order valence-electron chi connectivity index (χ4n) is 3.13. The molecule has 1 saturated heterocycles. The van der Waals surface area contributed by atoms with Gasteiger partial charge in [0.2, 0.25) is 5.91 Å². The van der Waals surface area contributed by atoms with Crippen molar-refractivity contribution in [2.24, 2.45) is 0 Å². The number of hydrogen-bond acceptors (Lipinski definition) is 2. The van der Waals surface area contributed by atoms with E-state index in [9.17, 15) is 4.79 Å². The summed E-state index contributed by atoms with van der Waals surface area (Å²) in [5.74, 6) is 0.0254. The highest BCUT2D eigenvalue weighted by molar-refractivity contribution is 6.30. The van der Waals surface area contributed by atoms with Crippen LogP contribution in [-0.4, -0.2) is 19.1 Å². The van der Waals surface area contributed by atoms with Crippen molar-refractivity contribution in [2.75, 3.05) is 18.5 Å². The number of nitrogens with one attached hydrogen (secondary N) is 1. The molecule has 1 aliphatic rings. The molecule has 3 rings (SSSR count). The molecule has 1 aliphatic heterocycles. The molecule has 0 aliphatic carbocycles. The third-order valence-electron chi connectivity index (χ3n) is 4.54. The van der Waals surface area contributed by atoms with E-state index in [0.29, 0.717) is 31.1 Å². The molecule has 0 spiro atoms. The smallest absolute Gasteiger partial charge is 0.235 e. The normalized spacial score (nSPS) is 16.8. The van der Waals surface area contributed by atoms with E-state index >= 15 is 0 Å². The van der Waals surface area contributed by atoms with Gasteiger partial charge in [0.05, 0.1) is 5.41 Å². The maximum absolute atomic E-state index is 13.1. The highest BCUT2D eigenvalue weighted by Gasteiger charge is 2.41. The first-order valence-electron chi connectivity index (χ1n) is 7.83. The third kappa shape index (κ3) is 3.26. The van der Waals surface area contributed by atoms with E-state index in [2.05, 4.69) is 5.32 Å². The van der Waals surface area contributed by atoms with Crippen molar-refractivity contribution in [3.8, 4) is 0 Å². The van der Waals surface area contributed by atoms with E-state index in [1.165, 1.54) is 0 Å². The zero-order valence-corrected chi connectivity index (χ0v) is 13.9. The van der Waals surface area contributed by atoms with Crippen molar-refractivity contribution >= 4 is 23.2 Å². The van der Waals surface area contributed by atoms with E-state index in [0.717, 1.165) is 16.8 Å². The van der Waals surface area contributed by atoms with Crippen LogP contribution in [0.5, 0.6) is 0 Å². The number of anilines is 1. The van der Waals surface area contributed by atoms with Gasteiger partial charge >= 0.3 is 0 Å². The number of benzene rings is 2. The Hall–Kier alpha value is -1.84. The van der Waals surface area contributed by atoms with Gasteiger partial charge in [0.1, 0.15) is 0 Å².